The summed E-state index contributed by atoms with van der Waals surface area (Å²) < 4.78 is 30.4. The molecule has 2 bridgehead atoms. The highest BCUT2D eigenvalue weighted by atomic mass is 16.6. The van der Waals surface area contributed by atoms with Crippen molar-refractivity contribution in [2.45, 2.75) is 52.7 Å². The maximum atomic E-state index is 12.5. The Kier molecular flexibility index (Phi) is 9.77. The van der Waals surface area contributed by atoms with Crippen LogP contribution in [0.3, 0.4) is 0 Å². The van der Waals surface area contributed by atoms with Gasteiger partial charge in [0.15, 0.2) is 0 Å². The summed E-state index contributed by atoms with van der Waals surface area (Å²) in [6.45, 7) is 11.1. The number of hydrogen-bond acceptors (Lipinski definition) is 7. The molecule has 0 amide bonds. The van der Waals surface area contributed by atoms with Crippen LogP contribution in [0.5, 0.6) is 11.5 Å². The minimum absolute atomic E-state index is 0.181. The number of aromatic nitrogens is 1. The van der Waals surface area contributed by atoms with Crippen LogP contribution in [0.4, 0.5) is 0 Å². The number of ether oxygens (including phenoxy) is 5. The molecule has 0 saturated carbocycles. The standard InChI is InChI=1S/C30H39NO7/c1-19(2)15-21-17-35-13-11-34-12-14-36-18-22(16-20(3)4)38-26-10-6-8-24-27(30(32)33)23-7-5-9-25(37-21)28(23)31-29(24)26/h5-10,19-22H,11-18H2,1-4H3,(H,32,33)/t21-,22-/m1/s1. The Morgan fingerprint density at radius 3 is 1.66 bits per heavy atom. The molecular formula is C30H39NO7. The van der Waals surface area contributed by atoms with Crippen LogP contribution in [0.25, 0.3) is 21.8 Å². The highest BCUT2D eigenvalue weighted by molar-refractivity contribution is 6.15. The number of hydrogen-bond donors (Lipinski definition) is 1. The molecule has 4 rings (SSSR count). The lowest BCUT2D eigenvalue weighted by Gasteiger charge is -2.24. The second-order valence-corrected chi connectivity index (χ2v) is 10.6. The fourth-order valence-corrected chi connectivity index (χ4v) is 4.83. The number of aromatic carboxylic acids is 1. The van der Waals surface area contributed by atoms with Crippen LogP contribution in [0.1, 0.15) is 50.9 Å². The molecule has 2 heterocycles. The summed E-state index contributed by atoms with van der Waals surface area (Å²) >= 11 is 0. The molecule has 1 aliphatic rings. The molecule has 206 valence electrons. The average Bonchev–Trinajstić information content (AvgIpc) is 2.85. The first-order valence-electron chi connectivity index (χ1n) is 13.5. The van der Waals surface area contributed by atoms with Crippen LogP contribution < -0.4 is 9.47 Å². The third kappa shape index (κ3) is 7.12. The molecule has 0 radical (unpaired) electrons. The largest absolute Gasteiger partial charge is 0.486 e. The van der Waals surface area contributed by atoms with Gasteiger partial charge in [-0.25, -0.2) is 9.78 Å². The van der Waals surface area contributed by atoms with Crippen LogP contribution in [0, 0.1) is 11.8 Å². The monoisotopic (exact) mass is 525 g/mol. The summed E-state index contributed by atoms with van der Waals surface area (Å²) in [5, 5.41) is 11.3. The lowest BCUT2D eigenvalue weighted by atomic mass is 10.0. The number of nitrogens with zero attached hydrogens (tertiary/aromatic N) is 1. The molecule has 2 atom stereocenters. The van der Waals surface area contributed by atoms with E-state index >= 15 is 0 Å². The molecule has 0 fully saturated rings. The number of benzene rings is 2. The quantitative estimate of drug-likeness (QED) is 0.422. The van der Waals surface area contributed by atoms with Crippen molar-refractivity contribution in [3.63, 3.8) is 0 Å². The van der Waals surface area contributed by atoms with E-state index in [-0.39, 0.29) is 17.8 Å². The molecule has 8 nitrogen and oxygen atoms in total. The number of carbonyl (C=O) groups is 1. The summed E-state index contributed by atoms with van der Waals surface area (Å²) in [6, 6.07) is 10.8. The molecule has 0 spiro atoms. The molecular weight excluding hydrogens is 486 g/mol. The van der Waals surface area contributed by atoms with Gasteiger partial charge in [-0.1, -0.05) is 52.0 Å². The Morgan fingerprint density at radius 1 is 0.789 bits per heavy atom. The van der Waals surface area contributed by atoms with Crippen molar-refractivity contribution in [2.24, 2.45) is 11.8 Å². The van der Waals surface area contributed by atoms with E-state index in [1.165, 1.54) is 0 Å². The number of pyridine rings is 1. The van der Waals surface area contributed by atoms with Gasteiger partial charge in [-0.05, 0) is 36.8 Å². The zero-order valence-corrected chi connectivity index (χ0v) is 22.8. The van der Waals surface area contributed by atoms with Gasteiger partial charge in [0.25, 0.3) is 0 Å². The van der Waals surface area contributed by atoms with Crippen molar-refractivity contribution in [2.75, 3.05) is 39.6 Å². The molecule has 0 aliphatic carbocycles. The Balaban J connectivity index is 1.85. The molecule has 0 saturated heterocycles. The van der Waals surface area contributed by atoms with Crippen molar-refractivity contribution in [1.82, 2.24) is 4.98 Å². The summed E-state index contributed by atoms with van der Waals surface area (Å²) in [6.07, 6.45) is 1.09. The maximum Gasteiger partial charge on any atom is 0.337 e. The average molecular weight is 526 g/mol. The topological polar surface area (TPSA) is 96.3 Å². The Labute approximate surface area is 224 Å². The summed E-state index contributed by atoms with van der Waals surface area (Å²) in [4.78, 5) is 17.5. The van der Waals surface area contributed by atoms with E-state index in [0.29, 0.717) is 84.8 Å². The zero-order valence-electron chi connectivity index (χ0n) is 22.8. The lowest BCUT2D eigenvalue weighted by molar-refractivity contribution is -0.0191. The molecule has 3 aromatic rings. The predicted molar refractivity (Wildman–Crippen MR) is 146 cm³/mol. The van der Waals surface area contributed by atoms with Crippen LogP contribution in [0.2, 0.25) is 0 Å². The van der Waals surface area contributed by atoms with Gasteiger partial charge in [-0.15, -0.1) is 0 Å². The van der Waals surface area contributed by atoms with Gasteiger partial charge in [0, 0.05) is 10.8 Å². The Hall–Kier alpha value is -2.94. The van der Waals surface area contributed by atoms with Crippen molar-refractivity contribution >= 4 is 27.8 Å². The second-order valence-electron chi connectivity index (χ2n) is 10.6. The number of para-hydroxylation sites is 2. The number of rotatable bonds is 5. The van der Waals surface area contributed by atoms with Crippen molar-refractivity contribution in [3.05, 3.63) is 42.0 Å². The third-order valence-corrected chi connectivity index (χ3v) is 6.38. The molecule has 1 N–H and O–H groups in total. The molecule has 38 heavy (non-hydrogen) atoms. The molecule has 8 heteroatoms. The van der Waals surface area contributed by atoms with Crippen molar-refractivity contribution in [3.8, 4) is 11.5 Å². The van der Waals surface area contributed by atoms with Crippen molar-refractivity contribution in [1.29, 1.82) is 0 Å². The van der Waals surface area contributed by atoms with Crippen molar-refractivity contribution < 1.29 is 33.6 Å². The van der Waals surface area contributed by atoms with Gasteiger partial charge in [0.05, 0.1) is 45.2 Å². The highest BCUT2D eigenvalue weighted by Crippen LogP contribution is 2.36. The minimum Gasteiger partial charge on any atom is -0.486 e. The van der Waals surface area contributed by atoms with E-state index in [4.69, 9.17) is 28.7 Å². The number of carboxylic acids is 1. The smallest absolute Gasteiger partial charge is 0.337 e. The Bertz CT molecular complexity index is 1140. The molecule has 1 aromatic heterocycles. The van der Waals surface area contributed by atoms with Gasteiger partial charge < -0.3 is 28.8 Å². The first-order valence-corrected chi connectivity index (χ1v) is 13.5. The van der Waals surface area contributed by atoms with Gasteiger partial charge >= 0.3 is 5.97 Å². The predicted octanol–water partition coefficient (Wildman–Crippen LogP) is 5.74. The third-order valence-electron chi connectivity index (χ3n) is 6.38. The van der Waals surface area contributed by atoms with E-state index < -0.39 is 5.97 Å². The van der Waals surface area contributed by atoms with E-state index in [1.807, 2.05) is 12.1 Å². The lowest BCUT2D eigenvalue weighted by Crippen LogP contribution is -2.27. The summed E-state index contributed by atoms with van der Waals surface area (Å²) in [5.74, 6) is 0.783. The fourth-order valence-electron chi connectivity index (χ4n) is 4.83. The normalized spacial score (nSPS) is 19.9. The van der Waals surface area contributed by atoms with Crippen LogP contribution in [0.15, 0.2) is 36.4 Å². The SMILES string of the molecule is CC(C)C[C@@H]1COCCOCCOC[C@@H](CC(C)C)Oc2cccc3c(C(=O)O)c4cccc(c4nc23)O1. The maximum absolute atomic E-state index is 12.5. The molecule has 1 aliphatic heterocycles. The first-order chi connectivity index (χ1) is 18.3. The van der Waals surface area contributed by atoms with Gasteiger partial charge in [-0.3, -0.25) is 0 Å². The number of carboxylic acid groups (broad SMARTS) is 1. The first kappa shape index (κ1) is 28.1. The minimum atomic E-state index is -1.03. The molecule has 0 unspecified atom stereocenters. The second kappa shape index (κ2) is 13.2. The van der Waals surface area contributed by atoms with E-state index in [2.05, 4.69) is 27.7 Å². The van der Waals surface area contributed by atoms with Crippen LogP contribution in [-0.2, 0) is 14.2 Å². The van der Waals surface area contributed by atoms with Crippen LogP contribution >= 0.6 is 0 Å². The van der Waals surface area contributed by atoms with Gasteiger partial charge in [0.2, 0.25) is 0 Å². The zero-order chi connectivity index (χ0) is 27.1. The fraction of sp³-hybridized carbons (Fsp3) is 0.533. The Morgan fingerprint density at radius 2 is 1.24 bits per heavy atom. The van der Waals surface area contributed by atoms with Gasteiger partial charge in [0.1, 0.15) is 34.7 Å². The van der Waals surface area contributed by atoms with E-state index in [1.54, 1.807) is 24.3 Å². The van der Waals surface area contributed by atoms with E-state index in [9.17, 15) is 9.90 Å². The van der Waals surface area contributed by atoms with E-state index in [0.717, 1.165) is 12.8 Å². The van der Waals surface area contributed by atoms with Crippen LogP contribution in [-0.4, -0.2) is 67.9 Å². The summed E-state index contributed by atoms with van der Waals surface area (Å²) in [7, 11) is 0. The highest BCUT2D eigenvalue weighted by Gasteiger charge is 2.23. The van der Waals surface area contributed by atoms with Gasteiger partial charge in [-0.2, -0.15) is 0 Å². The summed E-state index contributed by atoms with van der Waals surface area (Å²) in [5.41, 5.74) is 1.16. The molecule has 2 aromatic carbocycles.